The molecule has 0 N–H and O–H groups in total. The van der Waals surface area contributed by atoms with Crippen LogP contribution in [0.2, 0.25) is 0 Å². The Bertz CT molecular complexity index is 1490. The van der Waals surface area contributed by atoms with Crippen molar-refractivity contribution in [3.8, 4) is 17.6 Å². The van der Waals surface area contributed by atoms with Crippen molar-refractivity contribution in [2.75, 3.05) is 6.61 Å². The molecular formula is C26H21BrN4O3. The number of nitrogens with zero attached hydrogens (tertiary/aromatic N) is 4. The molecule has 4 aromatic rings. The van der Waals surface area contributed by atoms with Gasteiger partial charge in [-0.1, -0.05) is 34.1 Å². The van der Waals surface area contributed by atoms with Gasteiger partial charge in [0.2, 0.25) is 0 Å². The third-order valence-electron chi connectivity index (χ3n) is 5.08. The second-order valence-corrected chi connectivity index (χ2v) is 8.29. The first-order chi connectivity index (χ1) is 16.5. The molecule has 4 rings (SSSR count). The topological polar surface area (TPSA) is 89.5 Å². The number of aryl methyl sites for hydroxylation is 1. The van der Waals surface area contributed by atoms with Crippen molar-refractivity contribution in [1.82, 2.24) is 9.66 Å². The minimum Gasteiger partial charge on any atom is -0.490 e. The lowest BCUT2D eigenvalue weighted by atomic mass is 10.1. The van der Waals surface area contributed by atoms with Crippen LogP contribution in [0.4, 0.5) is 0 Å². The Balaban J connectivity index is 1.61. The smallest absolute Gasteiger partial charge is 0.282 e. The molecule has 1 heterocycles. The van der Waals surface area contributed by atoms with E-state index in [0.717, 1.165) is 15.6 Å². The van der Waals surface area contributed by atoms with Crippen LogP contribution in [0.15, 0.2) is 75.0 Å². The first kappa shape index (κ1) is 23.2. The summed E-state index contributed by atoms with van der Waals surface area (Å²) in [6.07, 6.45) is 1.58. The lowest BCUT2D eigenvalue weighted by Gasteiger charge is -2.13. The van der Waals surface area contributed by atoms with Gasteiger partial charge in [0.15, 0.2) is 11.5 Å². The molecule has 0 saturated heterocycles. The van der Waals surface area contributed by atoms with Crippen LogP contribution in [0.25, 0.3) is 10.9 Å². The molecule has 170 valence electrons. The molecule has 3 aromatic carbocycles. The molecule has 34 heavy (non-hydrogen) atoms. The minimum atomic E-state index is -0.249. The maximum Gasteiger partial charge on any atom is 0.282 e. The number of nitriles is 1. The summed E-state index contributed by atoms with van der Waals surface area (Å²) in [5.74, 6) is 1.58. The van der Waals surface area contributed by atoms with Gasteiger partial charge in [0.1, 0.15) is 12.4 Å². The Morgan fingerprint density at radius 1 is 1.12 bits per heavy atom. The number of aromatic nitrogens is 2. The largest absolute Gasteiger partial charge is 0.490 e. The predicted octanol–water partition coefficient (Wildman–Crippen LogP) is 5.20. The molecular weight excluding hydrogens is 496 g/mol. The molecule has 0 saturated carbocycles. The Labute approximate surface area is 205 Å². The van der Waals surface area contributed by atoms with Crippen molar-refractivity contribution in [1.29, 1.82) is 5.26 Å². The van der Waals surface area contributed by atoms with Gasteiger partial charge in [0.05, 0.1) is 35.4 Å². The predicted molar refractivity (Wildman–Crippen MR) is 135 cm³/mol. The number of ether oxygens (including phenoxy) is 2. The second-order valence-electron chi connectivity index (χ2n) is 7.38. The maximum atomic E-state index is 12.9. The van der Waals surface area contributed by atoms with Crippen molar-refractivity contribution in [2.24, 2.45) is 5.10 Å². The second kappa shape index (κ2) is 10.3. The number of rotatable bonds is 7. The number of halogens is 1. The highest BCUT2D eigenvalue weighted by Crippen LogP contribution is 2.29. The molecule has 0 fully saturated rings. The van der Waals surface area contributed by atoms with Crippen LogP contribution in [0, 0.1) is 18.3 Å². The average molecular weight is 517 g/mol. The SMILES string of the molecule is CCOc1cc(C=Nn2c(C)nc3ccc(Br)cc3c2=O)ccc1OCc1ccccc1C#N. The normalized spacial score (nSPS) is 11.0. The molecule has 0 aliphatic heterocycles. The van der Waals surface area contributed by atoms with Crippen molar-refractivity contribution in [2.45, 2.75) is 20.5 Å². The fourth-order valence-corrected chi connectivity index (χ4v) is 3.78. The Morgan fingerprint density at radius 2 is 1.94 bits per heavy atom. The van der Waals surface area contributed by atoms with Gasteiger partial charge in [-0.3, -0.25) is 4.79 Å². The summed E-state index contributed by atoms with van der Waals surface area (Å²) >= 11 is 3.39. The van der Waals surface area contributed by atoms with Gasteiger partial charge in [-0.15, -0.1) is 0 Å². The number of hydrogen-bond acceptors (Lipinski definition) is 6. The van der Waals surface area contributed by atoms with E-state index < -0.39 is 0 Å². The summed E-state index contributed by atoms with van der Waals surface area (Å²) in [5, 5.41) is 14.1. The van der Waals surface area contributed by atoms with E-state index in [1.54, 1.807) is 43.5 Å². The fraction of sp³-hybridized carbons (Fsp3) is 0.154. The highest BCUT2D eigenvalue weighted by molar-refractivity contribution is 9.10. The van der Waals surface area contributed by atoms with Crippen LogP contribution in [-0.4, -0.2) is 22.5 Å². The lowest BCUT2D eigenvalue weighted by Crippen LogP contribution is -2.20. The fourth-order valence-electron chi connectivity index (χ4n) is 3.42. The molecule has 1 aromatic heterocycles. The standard InChI is InChI=1S/C26H21BrN4O3/c1-3-33-25-12-18(8-11-24(25)34-16-20-7-5-4-6-19(20)14-28)15-29-31-17(2)30-23-10-9-21(27)13-22(23)26(31)32/h4-13,15H,3,16H2,1-2H3. The molecule has 0 unspecified atom stereocenters. The molecule has 0 radical (unpaired) electrons. The maximum absolute atomic E-state index is 12.9. The van der Waals surface area contributed by atoms with Crippen LogP contribution in [0.1, 0.15) is 29.4 Å². The number of hydrogen-bond donors (Lipinski definition) is 0. The average Bonchev–Trinajstić information content (AvgIpc) is 2.84. The zero-order valence-electron chi connectivity index (χ0n) is 18.7. The summed E-state index contributed by atoms with van der Waals surface area (Å²) in [4.78, 5) is 17.4. The molecule has 0 bridgehead atoms. The van der Waals surface area contributed by atoms with Crippen LogP contribution in [-0.2, 0) is 6.61 Å². The molecule has 8 heteroatoms. The minimum absolute atomic E-state index is 0.240. The Hall–Kier alpha value is -3.96. The van der Waals surface area contributed by atoms with E-state index in [2.05, 4.69) is 32.1 Å². The van der Waals surface area contributed by atoms with Crippen LogP contribution < -0.4 is 15.0 Å². The van der Waals surface area contributed by atoms with Crippen LogP contribution in [0.3, 0.4) is 0 Å². The molecule has 0 aliphatic rings. The third-order valence-corrected chi connectivity index (χ3v) is 5.57. The summed E-state index contributed by atoms with van der Waals surface area (Å²) < 4.78 is 13.8. The monoisotopic (exact) mass is 516 g/mol. The number of fused-ring (bicyclic) bond motifs is 1. The van der Waals surface area contributed by atoms with E-state index >= 15 is 0 Å². The summed E-state index contributed by atoms with van der Waals surface area (Å²) in [6.45, 7) is 4.32. The first-order valence-corrected chi connectivity index (χ1v) is 11.4. The van der Waals surface area contributed by atoms with E-state index in [1.165, 1.54) is 4.68 Å². The van der Waals surface area contributed by atoms with Crippen molar-refractivity contribution in [3.05, 3.63) is 98.0 Å². The van der Waals surface area contributed by atoms with Gasteiger partial charge < -0.3 is 9.47 Å². The highest BCUT2D eigenvalue weighted by Gasteiger charge is 2.10. The van der Waals surface area contributed by atoms with E-state index in [-0.39, 0.29) is 12.2 Å². The molecule has 0 spiro atoms. The summed E-state index contributed by atoms with van der Waals surface area (Å²) in [5.41, 5.74) is 2.47. The van der Waals surface area contributed by atoms with E-state index in [9.17, 15) is 10.1 Å². The highest BCUT2D eigenvalue weighted by atomic mass is 79.9. The summed E-state index contributed by atoms with van der Waals surface area (Å²) in [7, 11) is 0. The van der Waals surface area contributed by atoms with Crippen molar-refractivity contribution in [3.63, 3.8) is 0 Å². The Kier molecular flexibility index (Phi) is 7.04. The zero-order chi connectivity index (χ0) is 24.1. The van der Waals surface area contributed by atoms with Crippen LogP contribution in [0.5, 0.6) is 11.5 Å². The summed E-state index contributed by atoms with van der Waals surface area (Å²) in [6, 6.07) is 20.3. The zero-order valence-corrected chi connectivity index (χ0v) is 20.2. The van der Waals surface area contributed by atoms with Gasteiger partial charge in [0, 0.05) is 10.0 Å². The van der Waals surface area contributed by atoms with E-state index in [1.807, 2.05) is 37.3 Å². The molecule has 0 amide bonds. The van der Waals surface area contributed by atoms with Gasteiger partial charge in [-0.2, -0.15) is 15.0 Å². The quantitative estimate of drug-likeness (QED) is 0.315. The molecule has 7 nitrogen and oxygen atoms in total. The van der Waals surface area contributed by atoms with Gasteiger partial charge in [0.25, 0.3) is 5.56 Å². The van der Waals surface area contributed by atoms with E-state index in [0.29, 0.717) is 40.4 Å². The van der Waals surface area contributed by atoms with Gasteiger partial charge in [-0.25, -0.2) is 4.98 Å². The Morgan fingerprint density at radius 3 is 2.74 bits per heavy atom. The molecule has 0 aliphatic carbocycles. The number of benzene rings is 3. The molecule has 0 atom stereocenters. The first-order valence-electron chi connectivity index (χ1n) is 10.6. The third kappa shape index (κ3) is 5.00. The van der Waals surface area contributed by atoms with Crippen molar-refractivity contribution >= 4 is 33.0 Å². The van der Waals surface area contributed by atoms with Crippen molar-refractivity contribution < 1.29 is 9.47 Å². The van der Waals surface area contributed by atoms with Crippen LogP contribution >= 0.6 is 15.9 Å². The van der Waals surface area contributed by atoms with Gasteiger partial charge >= 0.3 is 0 Å². The van der Waals surface area contributed by atoms with Gasteiger partial charge in [-0.05, 0) is 61.9 Å². The van der Waals surface area contributed by atoms with E-state index in [4.69, 9.17) is 9.47 Å². The lowest BCUT2D eigenvalue weighted by molar-refractivity contribution is 0.269.